The maximum atomic E-state index is 12.4. The van der Waals surface area contributed by atoms with Crippen LogP contribution in [0.1, 0.15) is 21.6 Å². The summed E-state index contributed by atoms with van der Waals surface area (Å²) in [5, 5.41) is 16.8. The summed E-state index contributed by atoms with van der Waals surface area (Å²) in [4.78, 5) is 16.7. The molecule has 0 unspecified atom stereocenters. The largest absolute Gasteiger partial charge is 0.506 e. The van der Waals surface area contributed by atoms with E-state index in [1.807, 2.05) is 25.1 Å². The van der Waals surface area contributed by atoms with Crippen LogP contribution in [0.25, 0.3) is 5.82 Å². The molecule has 116 valence electrons. The number of phenols is 1. The number of benzene rings is 1. The molecule has 0 aliphatic heterocycles. The van der Waals surface area contributed by atoms with E-state index in [2.05, 4.69) is 15.4 Å². The summed E-state index contributed by atoms with van der Waals surface area (Å²) in [6.45, 7) is 3.69. The highest BCUT2D eigenvalue weighted by Crippen LogP contribution is 2.25. The van der Waals surface area contributed by atoms with Gasteiger partial charge in [-0.1, -0.05) is 12.1 Å². The number of aromatic nitrogens is 3. The molecule has 0 bridgehead atoms. The van der Waals surface area contributed by atoms with E-state index < -0.39 is 0 Å². The number of nitrogens with zero attached hydrogens (tertiary/aromatic N) is 3. The fourth-order valence-corrected chi connectivity index (χ4v) is 2.28. The molecule has 0 spiro atoms. The maximum absolute atomic E-state index is 12.4. The number of aromatic hydroxyl groups is 1. The minimum Gasteiger partial charge on any atom is -0.506 e. The molecule has 2 N–H and O–H groups in total. The van der Waals surface area contributed by atoms with E-state index in [1.54, 1.807) is 36.0 Å². The van der Waals surface area contributed by atoms with E-state index in [-0.39, 0.29) is 11.7 Å². The molecule has 2 aromatic heterocycles. The van der Waals surface area contributed by atoms with Crippen LogP contribution in [0.4, 0.5) is 5.69 Å². The Labute approximate surface area is 133 Å². The lowest BCUT2D eigenvalue weighted by molar-refractivity contribution is 0.102. The second kappa shape index (κ2) is 5.92. The Kier molecular flexibility index (Phi) is 3.80. The van der Waals surface area contributed by atoms with Crippen molar-refractivity contribution in [1.82, 2.24) is 14.8 Å². The van der Waals surface area contributed by atoms with Gasteiger partial charge < -0.3 is 10.4 Å². The molecular weight excluding hydrogens is 292 g/mol. The number of carbonyl (C=O) groups excluding carboxylic acids is 1. The average molecular weight is 308 g/mol. The van der Waals surface area contributed by atoms with Crippen molar-refractivity contribution >= 4 is 11.6 Å². The number of phenolic OH excluding ortho intramolecular Hbond substituents is 1. The van der Waals surface area contributed by atoms with Gasteiger partial charge in [-0.2, -0.15) is 5.10 Å². The molecular formula is C17H16N4O2. The molecule has 0 aliphatic rings. The highest BCUT2D eigenvalue weighted by molar-refractivity contribution is 6.05. The third-order valence-corrected chi connectivity index (χ3v) is 3.52. The van der Waals surface area contributed by atoms with Crippen molar-refractivity contribution in [2.75, 3.05) is 5.32 Å². The third kappa shape index (κ3) is 2.91. The van der Waals surface area contributed by atoms with Crippen molar-refractivity contribution < 1.29 is 9.90 Å². The van der Waals surface area contributed by atoms with Gasteiger partial charge in [0.1, 0.15) is 5.75 Å². The van der Waals surface area contributed by atoms with Crippen molar-refractivity contribution in [2.24, 2.45) is 0 Å². The van der Waals surface area contributed by atoms with Crippen LogP contribution >= 0.6 is 0 Å². The van der Waals surface area contributed by atoms with Crippen LogP contribution in [0, 0.1) is 13.8 Å². The Hall–Kier alpha value is -3.15. The molecule has 1 aromatic carbocycles. The van der Waals surface area contributed by atoms with Crippen LogP contribution < -0.4 is 5.32 Å². The third-order valence-electron chi connectivity index (χ3n) is 3.52. The summed E-state index contributed by atoms with van der Waals surface area (Å²) in [5.74, 6) is 0.340. The zero-order valence-electron chi connectivity index (χ0n) is 12.8. The first-order valence-corrected chi connectivity index (χ1v) is 7.13. The smallest absolute Gasteiger partial charge is 0.259 e. The Morgan fingerprint density at radius 3 is 2.78 bits per heavy atom. The molecule has 0 saturated heterocycles. The van der Waals surface area contributed by atoms with Gasteiger partial charge >= 0.3 is 0 Å². The summed E-state index contributed by atoms with van der Waals surface area (Å²) in [6.07, 6.45) is 3.16. The van der Waals surface area contributed by atoms with Crippen LogP contribution in [-0.2, 0) is 0 Å². The number of carbonyl (C=O) groups is 1. The monoisotopic (exact) mass is 308 g/mol. The number of anilines is 1. The van der Waals surface area contributed by atoms with E-state index >= 15 is 0 Å². The van der Waals surface area contributed by atoms with Crippen molar-refractivity contribution in [3.8, 4) is 11.6 Å². The SMILES string of the molecule is Cc1ccc(O)c(NC(=O)c2cnn(-c3ccccn3)c2C)c1. The molecule has 0 atom stereocenters. The molecule has 3 aromatic rings. The lowest BCUT2D eigenvalue weighted by Crippen LogP contribution is -2.13. The van der Waals surface area contributed by atoms with Crippen LogP contribution in [-0.4, -0.2) is 25.8 Å². The number of hydrogen-bond donors (Lipinski definition) is 2. The van der Waals surface area contributed by atoms with Gasteiger partial charge in [-0.15, -0.1) is 0 Å². The molecule has 1 amide bonds. The number of rotatable bonds is 3. The molecule has 6 heteroatoms. The van der Waals surface area contributed by atoms with Gasteiger partial charge in [-0.25, -0.2) is 9.67 Å². The molecule has 0 fully saturated rings. The minimum absolute atomic E-state index is 0.0266. The Bertz CT molecular complexity index is 856. The van der Waals surface area contributed by atoms with Gasteiger partial charge in [0.25, 0.3) is 5.91 Å². The predicted octanol–water partition coefficient (Wildman–Crippen LogP) is 2.84. The molecule has 0 aliphatic carbocycles. The number of nitrogens with one attached hydrogen (secondary N) is 1. The number of pyridine rings is 1. The quantitative estimate of drug-likeness (QED) is 0.729. The fraction of sp³-hybridized carbons (Fsp3) is 0.118. The number of aryl methyl sites for hydroxylation is 1. The molecule has 6 nitrogen and oxygen atoms in total. The number of hydrogen-bond acceptors (Lipinski definition) is 4. The van der Waals surface area contributed by atoms with Crippen molar-refractivity contribution in [3.63, 3.8) is 0 Å². The highest BCUT2D eigenvalue weighted by atomic mass is 16.3. The Morgan fingerprint density at radius 2 is 2.04 bits per heavy atom. The highest BCUT2D eigenvalue weighted by Gasteiger charge is 2.16. The molecule has 0 radical (unpaired) electrons. The van der Waals surface area contributed by atoms with Gasteiger partial charge in [0.15, 0.2) is 5.82 Å². The van der Waals surface area contributed by atoms with E-state index in [1.165, 1.54) is 6.20 Å². The summed E-state index contributed by atoms with van der Waals surface area (Å²) in [6, 6.07) is 10.5. The zero-order chi connectivity index (χ0) is 16.4. The Balaban J connectivity index is 1.89. The first kappa shape index (κ1) is 14.8. The van der Waals surface area contributed by atoms with Gasteiger partial charge in [-0.05, 0) is 43.7 Å². The van der Waals surface area contributed by atoms with Crippen LogP contribution in [0.3, 0.4) is 0 Å². The van der Waals surface area contributed by atoms with Gasteiger partial charge in [-0.3, -0.25) is 4.79 Å². The molecule has 23 heavy (non-hydrogen) atoms. The fourth-order valence-electron chi connectivity index (χ4n) is 2.28. The van der Waals surface area contributed by atoms with Gasteiger partial charge in [0.05, 0.1) is 23.1 Å². The van der Waals surface area contributed by atoms with Gasteiger partial charge in [0, 0.05) is 6.20 Å². The summed E-state index contributed by atoms with van der Waals surface area (Å²) < 4.78 is 1.60. The molecule has 2 heterocycles. The van der Waals surface area contributed by atoms with Gasteiger partial charge in [0.2, 0.25) is 0 Å². The first-order chi connectivity index (χ1) is 11.1. The normalized spacial score (nSPS) is 10.5. The maximum Gasteiger partial charge on any atom is 0.259 e. The summed E-state index contributed by atoms with van der Waals surface area (Å²) in [5.41, 5.74) is 2.42. The van der Waals surface area contributed by atoms with Crippen molar-refractivity contribution in [1.29, 1.82) is 0 Å². The lowest BCUT2D eigenvalue weighted by atomic mass is 10.2. The van der Waals surface area contributed by atoms with E-state index in [9.17, 15) is 9.90 Å². The standard InChI is InChI=1S/C17H16N4O2/c1-11-6-7-15(22)14(9-11)20-17(23)13-10-19-21(12(13)2)16-5-3-4-8-18-16/h3-10,22H,1-2H3,(H,20,23). The second-order valence-electron chi connectivity index (χ2n) is 5.22. The zero-order valence-corrected chi connectivity index (χ0v) is 12.8. The van der Waals surface area contributed by atoms with Crippen molar-refractivity contribution in [3.05, 3.63) is 65.6 Å². The second-order valence-corrected chi connectivity index (χ2v) is 5.22. The first-order valence-electron chi connectivity index (χ1n) is 7.13. The van der Waals surface area contributed by atoms with E-state index in [4.69, 9.17) is 0 Å². The summed E-state index contributed by atoms with van der Waals surface area (Å²) >= 11 is 0. The summed E-state index contributed by atoms with van der Waals surface area (Å²) in [7, 11) is 0. The van der Waals surface area contributed by atoms with Crippen LogP contribution in [0.5, 0.6) is 5.75 Å². The van der Waals surface area contributed by atoms with Crippen LogP contribution in [0.2, 0.25) is 0 Å². The van der Waals surface area contributed by atoms with Crippen molar-refractivity contribution in [2.45, 2.75) is 13.8 Å². The lowest BCUT2D eigenvalue weighted by Gasteiger charge is -2.08. The average Bonchev–Trinajstić information content (AvgIpc) is 2.93. The van der Waals surface area contributed by atoms with E-state index in [0.717, 1.165) is 5.56 Å². The minimum atomic E-state index is -0.328. The van der Waals surface area contributed by atoms with E-state index in [0.29, 0.717) is 22.8 Å². The number of amides is 1. The molecule has 3 rings (SSSR count). The molecule has 0 saturated carbocycles. The Morgan fingerprint density at radius 1 is 1.22 bits per heavy atom. The van der Waals surface area contributed by atoms with Crippen LogP contribution in [0.15, 0.2) is 48.8 Å². The predicted molar refractivity (Wildman–Crippen MR) is 86.9 cm³/mol. The topological polar surface area (TPSA) is 80.0 Å².